The summed E-state index contributed by atoms with van der Waals surface area (Å²) < 4.78 is 0. The molecule has 66 valence electrons. The van der Waals surface area contributed by atoms with Crippen molar-refractivity contribution in [1.29, 1.82) is 0 Å². The fourth-order valence-electron chi connectivity index (χ4n) is 0.741. The van der Waals surface area contributed by atoms with Gasteiger partial charge < -0.3 is 10.2 Å². The molecule has 0 heterocycles. The zero-order valence-electron chi connectivity index (χ0n) is 7.11. The van der Waals surface area contributed by atoms with Gasteiger partial charge >= 0.3 is 5.97 Å². The molecule has 0 spiro atoms. The number of aliphatic hydroxyl groups excluding tert-OH is 1. The van der Waals surface area contributed by atoms with Gasteiger partial charge in [0.15, 0.2) is 0 Å². The van der Waals surface area contributed by atoms with Crippen LogP contribution in [0.4, 0.5) is 0 Å². The maximum Gasteiger partial charge on any atom is 0.323 e. The minimum atomic E-state index is -0.983. The van der Waals surface area contributed by atoms with Crippen LogP contribution in [0.25, 0.3) is 0 Å². The Morgan fingerprint density at radius 3 is 2.09 bits per heavy atom. The molecule has 1 unspecified atom stereocenters. The Hall–Kier alpha value is -0.610. The van der Waals surface area contributed by atoms with Gasteiger partial charge in [0.25, 0.3) is 0 Å². The first kappa shape index (κ1) is 10.4. The molecule has 0 saturated carbocycles. The predicted molar refractivity (Wildman–Crippen MR) is 41.4 cm³/mol. The van der Waals surface area contributed by atoms with E-state index < -0.39 is 12.0 Å². The molecule has 1 atom stereocenters. The maximum absolute atomic E-state index is 10.5. The fraction of sp³-hybridized carbons (Fsp3) is 0.857. The third kappa shape index (κ3) is 2.86. The molecule has 0 aliphatic heterocycles. The first-order valence-corrected chi connectivity index (χ1v) is 3.56. The van der Waals surface area contributed by atoms with Crippen molar-refractivity contribution in [2.45, 2.75) is 25.9 Å². The van der Waals surface area contributed by atoms with Crippen molar-refractivity contribution in [2.24, 2.45) is 0 Å². The highest BCUT2D eigenvalue weighted by Crippen LogP contribution is 2.01. The summed E-state index contributed by atoms with van der Waals surface area (Å²) in [4.78, 5) is 12.1. The standard InChI is InChI=1S/C7H15NO3/c1-5(2)8(3)6(4-9)7(10)11/h5-6,9H,4H2,1-3H3,(H,10,11). The van der Waals surface area contributed by atoms with Gasteiger partial charge in [-0.25, -0.2) is 0 Å². The van der Waals surface area contributed by atoms with E-state index in [-0.39, 0.29) is 12.6 Å². The summed E-state index contributed by atoms with van der Waals surface area (Å²) in [6, 6.07) is -0.654. The number of carboxylic acid groups (broad SMARTS) is 1. The number of rotatable bonds is 4. The molecule has 0 aromatic heterocycles. The lowest BCUT2D eigenvalue weighted by Crippen LogP contribution is -2.44. The minimum Gasteiger partial charge on any atom is -0.480 e. The Labute approximate surface area is 66.4 Å². The van der Waals surface area contributed by atoms with Crippen LogP contribution in [-0.4, -0.2) is 46.8 Å². The van der Waals surface area contributed by atoms with Crippen molar-refractivity contribution in [1.82, 2.24) is 4.90 Å². The number of hydrogen-bond acceptors (Lipinski definition) is 3. The molecule has 0 aromatic carbocycles. The highest BCUT2D eigenvalue weighted by molar-refractivity contribution is 5.73. The van der Waals surface area contributed by atoms with E-state index in [4.69, 9.17) is 10.2 Å². The molecule has 0 saturated heterocycles. The van der Waals surface area contributed by atoms with Crippen molar-refractivity contribution >= 4 is 5.97 Å². The van der Waals surface area contributed by atoms with Crippen LogP contribution in [0, 0.1) is 0 Å². The van der Waals surface area contributed by atoms with Crippen molar-refractivity contribution < 1.29 is 15.0 Å². The molecule has 4 nitrogen and oxygen atoms in total. The van der Waals surface area contributed by atoms with Crippen molar-refractivity contribution in [3.05, 3.63) is 0 Å². The molecular weight excluding hydrogens is 146 g/mol. The van der Waals surface area contributed by atoms with E-state index >= 15 is 0 Å². The maximum atomic E-state index is 10.5. The van der Waals surface area contributed by atoms with Gasteiger partial charge in [0, 0.05) is 6.04 Å². The van der Waals surface area contributed by atoms with E-state index in [9.17, 15) is 4.79 Å². The summed E-state index contributed by atoms with van der Waals surface area (Å²) in [5.41, 5.74) is 0. The second-order valence-corrected chi connectivity index (χ2v) is 2.80. The summed E-state index contributed by atoms with van der Waals surface area (Å²) in [5.74, 6) is -0.983. The topological polar surface area (TPSA) is 60.8 Å². The van der Waals surface area contributed by atoms with Gasteiger partial charge in [-0.15, -0.1) is 0 Å². The second kappa shape index (κ2) is 4.31. The lowest BCUT2D eigenvalue weighted by molar-refractivity contribution is -0.144. The van der Waals surface area contributed by atoms with Gasteiger partial charge in [-0.05, 0) is 20.9 Å². The molecule has 2 N–H and O–H groups in total. The lowest BCUT2D eigenvalue weighted by Gasteiger charge is -2.26. The van der Waals surface area contributed by atoms with E-state index in [1.165, 1.54) is 0 Å². The summed E-state index contributed by atoms with van der Waals surface area (Å²) in [5, 5.41) is 17.3. The number of aliphatic hydroxyl groups is 1. The number of nitrogens with zero attached hydrogens (tertiary/aromatic N) is 1. The smallest absolute Gasteiger partial charge is 0.323 e. The van der Waals surface area contributed by atoms with E-state index in [1.54, 1.807) is 11.9 Å². The van der Waals surface area contributed by atoms with Crippen molar-refractivity contribution in [3.8, 4) is 0 Å². The molecule has 0 rings (SSSR count). The third-order valence-corrected chi connectivity index (χ3v) is 1.76. The van der Waals surface area contributed by atoms with Crippen LogP contribution in [0.5, 0.6) is 0 Å². The van der Waals surface area contributed by atoms with Crippen LogP contribution in [0.15, 0.2) is 0 Å². The number of carbonyl (C=O) groups is 1. The quantitative estimate of drug-likeness (QED) is 0.598. The average molecular weight is 161 g/mol. The Balaban J connectivity index is 4.14. The highest BCUT2D eigenvalue weighted by atomic mass is 16.4. The van der Waals surface area contributed by atoms with E-state index in [0.29, 0.717) is 0 Å². The zero-order valence-corrected chi connectivity index (χ0v) is 7.11. The van der Waals surface area contributed by atoms with Gasteiger partial charge in [-0.3, -0.25) is 9.69 Å². The molecule has 0 amide bonds. The van der Waals surface area contributed by atoms with E-state index in [1.807, 2.05) is 13.8 Å². The summed E-state index contributed by atoms with van der Waals surface area (Å²) >= 11 is 0. The molecule has 11 heavy (non-hydrogen) atoms. The fourth-order valence-corrected chi connectivity index (χ4v) is 0.741. The van der Waals surface area contributed by atoms with Gasteiger partial charge in [0.05, 0.1) is 6.61 Å². The SMILES string of the molecule is CC(C)N(C)C(CO)C(=O)O. The van der Waals surface area contributed by atoms with Crippen molar-refractivity contribution in [3.63, 3.8) is 0 Å². The second-order valence-electron chi connectivity index (χ2n) is 2.80. The number of hydrogen-bond donors (Lipinski definition) is 2. The van der Waals surface area contributed by atoms with E-state index in [2.05, 4.69) is 0 Å². The Kier molecular flexibility index (Phi) is 4.07. The van der Waals surface area contributed by atoms with Crippen LogP contribution in [0.3, 0.4) is 0 Å². The van der Waals surface area contributed by atoms with Gasteiger partial charge in [0.1, 0.15) is 6.04 Å². The number of aliphatic carboxylic acids is 1. The molecule has 0 aromatic rings. The van der Waals surface area contributed by atoms with Gasteiger partial charge in [-0.1, -0.05) is 0 Å². The minimum absolute atomic E-state index is 0.128. The largest absolute Gasteiger partial charge is 0.480 e. The molecule has 0 bridgehead atoms. The third-order valence-electron chi connectivity index (χ3n) is 1.76. The molecule has 0 fully saturated rings. The number of likely N-dealkylation sites (N-methyl/N-ethyl adjacent to an activating group) is 1. The van der Waals surface area contributed by atoms with Crippen LogP contribution in [0.2, 0.25) is 0 Å². The highest BCUT2D eigenvalue weighted by Gasteiger charge is 2.22. The van der Waals surface area contributed by atoms with Gasteiger partial charge in [-0.2, -0.15) is 0 Å². The molecule has 0 radical (unpaired) electrons. The van der Waals surface area contributed by atoms with Crippen LogP contribution >= 0.6 is 0 Å². The van der Waals surface area contributed by atoms with Crippen molar-refractivity contribution in [2.75, 3.05) is 13.7 Å². The van der Waals surface area contributed by atoms with Crippen LogP contribution in [0.1, 0.15) is 13.8 Å². The zero-order chi connectivity index (χ0) is 9.02. The lowest BCUT2D eigenvalue weighted by atomic mass is 10.2. The van der Waals surface area contributed by atoms with E-state index in [0.717, 1.165) is 0 Å². The summed E-state index contributed by atoms with van der Waals surface area (Å²) in [6.45, 7) is 3.42. The molecule has 0 aliphatic carbocycles. The van der Waals surface area contributed by atoms with Gasteiger partial charge in [0.2, 0.25) is 0 Å². The first-order chi connectivity index (χ1) is 5.00. The average Bonchev–Trinajstić information content (AvgIpc) is 1.88. The first-order valence-electron chi connectivity index (χ1n) is 3.56. The molecule has 4 heteroatoms. The summed E-state index contributed by atoms with van der Waals surface area (Å²) in [6.07, 6.45) is 0. The Morgan fingerprint density at radius 2 is 2.00 bits per heavy atom. The Morgan fingerprint density at radius 1 is 1.55 bits per heavy atom. The normalized spacial score (nSPS) is 14.0. The number of carboxylic acids is 1. The van der Waals surface area contributed by atoms with Crippen LogP contribution in [-0.2, 0) is 4.79 Å². The molecule has 0 aliphatic rings. The Bertz CT molecular complexity index is 136. The predicted octanol–water partition coefficient (Wildman–Crippen LogP) is -0.228. The monoisotopic (exact) mass is 161 g/mol. The summed E-state index contributed by atoms with van der Waals surface area (Å²) in [7, 11) is 1.68. The van der Waals surface area contributed by atoms with Crippen LogP contribution < -0.4 is 0 Å². The molecular formula is C7H15NO3.